The molecule has 2 saturated carbocycles. The van der Waals surface area contributed by atoms with E-state index in [9.17, 15) is 14.7 Å². The summed E-state index contributed by atoms with van der Waals surface area (Å²) < 4.78 is 2.30. The van der Waals surface area contributed by atoms with Gasteiger partial charge in [0.15, 0.2) is 0 Å². The van der Waals surface area contributed by atoms with Crippen molar-refractivity contribution in [3.8, 4) is 0 Å². The van der Waals surface area contributed by atoms with Gasteiger partial charge in [-0.1, -0.05) is 31.2 Å². The molecule has 3 aromatic rings. The van der Waals surface area contributed by atoms with Gasteiger partial charge in [0.1, 0.15) is 5.65 Å². The van der Waals surface area contributed by atoms with Gasteiger partial charge in [-0.3, -0.25) is 9.59 Å². The zero-order valence-corrected chi connectivity index (χ0v) is 20.4. The Morgan fingerprint density at radius 3 is 2.63 bits per heavy atom. The Hall–Kier alpha value is -3.15. The maximum absolute atomic E-state index is 13.5. The number of rotatable bonds is 6. The highest BCUT2D eigenvalue weighted by Crippen LogP contribution is 2.63. The van der Waals surface area contributed by atoms with Gasteiger partial charge in [0.25, 0.3) is 0 Å². The highest BCUT2D eigenvalue weighted by atomic mass is 16.4. The van der Waals surface area contributed by atoms with Crippen molar-refractivity contribution < 1.29 is 14.7 Å². The Labute approximate surface area is 206 Å². The number of carboxylic acids is 1. The molecule has 6 nitrogen and oxygen atoms in total. The summed E-state index contributed by atoms with van der Waals surface area (Å²) in [5.41, 5.74) is 5.36. The number of nitrogens with zero attached hydrogens (tertiary/aromatic N) is 3. The third-order valence-electron chi connectivity index (χ3n) is 9.07. The lowest BCUT2D eigenvalue weighted by Gasteiger charge is -2.33. The average Bonchev–Trinajstić information content (AvgIpc) is 3.53. The molecule has 35 heavy (non-hydrogen) atoms. The van der Waals surface area contributed by atoms with Crippen LogP contribution in [0.4, 0.5) is 0 Å². The molecule has 182 valence electrons. The van der Waals surface area contributed by atoms with Crippen molar-refractivity contribution in [2.75, 3.05) is 6.54 Å². The summed E-state index contributed by atoms with van der Waals surface area (Å²) in [4.78, 5) is 32.1. The van der Waals surface area contributed by atoms with E-state index in [2.05, 4.69) is 41.8 Å². The van der Waals surface area contributed by atoms with Crippen LogP contribution in [0.15, 0.2) is 42.6 Å². The van der Waals surface area contributed by atoms with E-state index in [1.54, 1.807) is 0 Å². The quantitative estimate of drug-likeness (QED) is 0.552. The summed E-state index contributed by atoms with van der Waals surface area (Å²) in [5, 5.41) is 10.9. The molecule has 3 aliphatic rings. The fourth-order valence-electron chi connectivity index (χ4n) is 7.07. The molecule has 6 heteroatoms. The van der Waals surface area contributed by atoms with E-state index in [1.165, 1.54) is 27.8 Å². The minimum absolute atomic E-state index is 0.120. The monoisotopic (exact) mass is 471 g/mol. The van der Waals surface area contributed by atoms with E-state index >= 15 is 0 Å². The van der Waals surface area contributed by atoms with Gasteiger partial charge in [-0.25, -0.2) is 4.98 Å². The highest BCUT2D eigenvalue weighted by molar-refractivity contribution is 5.84. The molecule has 0 saturated heterocycles. The second-order valence-corrected chi connectivity index (χ2v) is 11.1. The number of aryl methyl sites for hydroxylation is 1. The molecule has 6 rings (SSSR count). The standard InChI is InChI=1S/C29H33N3O3/c1-2-20-5-3-6-21(15-20)17-32-24-18-31(14-8-22(24)23-7-4-13-30-26(23)32)25(33)16-28-9-11-29(19-28,12-10-28)27(34)35/h3-7,13,15H,2,8-12,14,16-19H2,1H3,(H,34,35). The van der Waals surface area contributed by atoms with Crippen LogP contribution in [0.1, 0.15) is 67.8 Å². The van der Waals surface area contributed by atoms with Crippen molar-refractivity contribution in [2.45, 2.75) is 71.4 Å². The second kappa shape index (κ2) is 8.21. The SMILES string of the molecule is CCc1cccc(Cn2c3c(c4cccnc42)CCN(C(=O)CC24CCC(C(=O)O)(CC2)C4)C3)c1. The number of pyridine rings is 1. The summed E-state index contributed by atoms with van der Waals surface area (Å²) in [6.07, 6.45) is 7.99. The maximum atomic E-state index is 13.5. The Morgan fingerprint density at radius 2 is 1.89 bits per heavy atom. The predicted octanol–water partition coefficient (Wildman–Crippen LogP) is 4.96. The van der Waals surface area contributed by atoms with Crippen molar-refractivity contribution in [2.24, 2.45) is 10.8 Å². The van der Waals surface area contributed by atoms with Gasteiger partial charge in [-0.15, -0.1) is 0 Å². The summed E-state index contributed by atoms with van der Waals surface area (Å²) in [6.45, 7) is 4.22. The molecule has 2 aromatic heterocycles. The number of fused-ring (bicyclic) bond motifs is 5. The number of amides is 1. The van der Waals surface area contributed by atoms with Gasteiger partial charge < -0.3 is 14.6 Å². The second-order valence-electron chi connectivity index (χ2n) is 11.1. The van der Waals surface area contributed by atoms with Crippen LogP contribution in [0.25, 0.3) is 11.0 Å². The largest absolute Gasteiger partial charge is 0.481 e. The highest BCUT2D eigenvalue weighted by Gasteiger charge is 2.58. The first-order chi connectivity index (χ1) is 16.9. The van der Waals surface area contributed by atoms with E-state index in [0.717, 1.165) is 50.7 Å². The molecule has 0 spiro atoms. The Bertz CT molecular complexity index is 1320. The fraction of sp³-hybridized carbons (Fsp3) is 0.483. The van der Waals surface area contributed by atoms with Crippen LogP contribution in [0.2, 0.25) is 0 Å². The summed E-state index contributed by atoms with van der Waals surface area (Å²) in [5.74, 6) is -0.493. The van der Waals surface area contributed by atoms with Gasteiger partial charge >= 0.3 is 5.97 Å². The van der Waals surface area contributed by atoms with Crippen molar-refractivity contribution in [1.82, 2.24) is 14.5 Å². The number of hydrogen-bond acceptors (Lipinski definition) is 3. The van der Waals surface area contributed by atoms with Crippen molar-refractivity contribution in [3.63, 3.8) is 0 Å². The lowest BCUT2D eigenvalue weighted by atomic mass is 9.80. The number of carbonyl (C=O) groups excluding carboxylic acids is 1. The molecule has 3 heterocycles. The molecular weight excluding hydrogens is 438 g/mol. The van der Waals surface area contributed by atoms with E-state index < -0.39 is 11.4 Å². The van der Waals surface area contributed by atoms with Crippen LogP contribution in [-0.2, 0) is 35.5 Å². The molecule has 0 radical (unpaired) electrons. The lowest BCUT2D eigenvalue weighted by Crippen LogP contribution is -2.39. The summed E-state index contributed by atoms with van der Waals surface area (Å²) in [6, 6.07) is 12.9. The predicted molar refractivity (Wildman–Crippen MR) is 134 cm³/mol. The van der Waals surface area contributed by atoms with E-state index in [0.29, 0.717) is 25.9 Å². The third-order valence-corrected chi connectivity index (χ3v) is 9.07. The minimum atomic E-state index is -0.670. The molecule has 2 aliphatic carbocycles. The van der Waals surface area contributed by atoms with Crippen LogP contribution >= 0.6 is 0 Å². The molecule has 1 aliphatic heterocycles. The number of carbonyl (C=O) groups is 2. The van der Waals surface area contributed by atoms with Gasteiger partial charge in [0, 0.05) is 36.8 Å². The molecular formula is C29H33N3O3. The number of aromatic nitrogens is 2. The van der Waals surface area contributed by atoms with Crippen LogP contribution in [-0.4, -0.2) is 38.0 Å². The Kier molecular flexibility index (Phi) is 5.24. The van der Waals surface area contributed by atoms with Gasteiger partial charge in [-0.2, -0.15) is 0 Å². The number of carboxylic acid groups (broad SMARTS) is 1. The topological polar surface area (TPSA) is 75.4 Å². The van der Waals surface area contributed by atoms with E-state index in [4.69, 9.17) is 4.98 Å². The Balaban J connectivity index is 1.27. The van der Waals surface area contributed by atoms with Crippen molar-refractivity contribution in [3.05, 3.63) is 65.0 Å². The first-order valence-electron chi connectivity index (χ1n) is 13.0. The van der Waals surface area contributed by atoms with Crippen molar-refractivity contribution in [1.29, 1.82) is 0 Å². The van der Waals surface area contributed by atoms with Crippen LogP contribution in [0.3, 0.4) is 0 Å². The van der Waals surface area contributed by atoms with E-state index in [1.807, 2.05) is 17.2 Å². The molecule has 0 unspecified atom stereocenters. The molecule has 0 atom stereocenters. The van der Waals surface area contributed by atoms with Gasteiger partial charge in [0.2, 0.25) is 5.91 Å². The fourth-order valence-corrected chi connectivity index (χ4v) is 7.07. The molecule has 1 amide bonds. The van der Waals surface area contributed by atoms with Gasteiger partial charge in [0.05, 0.1) is 12.0 Å². The number of benzene rings is 1. The molecule has 2 fully saturated rings. The van der Waals surface area contributed by atoms with Gasteiger partial charge in [-0.05, 0) is 79.2 Å². The zero-order chi connectivity index (χ0) is 24.2. The smallest absolute Gasteiger partial charge is 0.309 e. The third kappa shape index (κ3) is 3.65. The first kappa shape index (κ1) is 22.3. The summed E-state index contributed by atoms with van der Waals surface area (Å²) >= 11 is 0. The van der Waals surface area contributed by atoms with Crippen LogP contribution < -0.4 is 0 Å². The van der Waals surface area contributed by atoms with E-state index in [-0.39, 0.29) is 11.3 Å². The first-order valence-corrected chi connectivity index (χ1v) is 13.0. The molecule has 1 N–H and O–H groups in total. The van der Waals surface area contributed by atoms with Crippen LogP contribution in [0.5, 0.6) is 0 Å². The Morgan fingerprint density at radius 1 is 1.09 bits per heavy atom. The molecule has 1 aromatic carbocycles. The normalized spacial score (nSPS) is 25.2. The lowest BCUT2D eigenvalue weighted by molar-refractivity contribution is -0.148. The summed E-state index contributed by atoms with van der Waals surface area (Å²) in [7, 11) is 0. The molecule has 2 bridgehead atoms. The number of aliphatic carboxylic acids is 1. The minimum Gasteiger partial charge on any atom is -0.481 e. The maximum Gasteiger partial charge on any atom is 0.309 e. The van der Waals surface area contributed by atoms with Crippen molar-refractivity contribution >= 4 is 22.9 Å². The zero-order valence-electron chi connectivity index (χ0n) is 20.4. The number of hydrogen-bond donors (Lipinski definition) is 1. The average molecular weight is 472 g/mol. The van der Waals surface area contributed by atoms with Crippen LogP contribution in [0, 0.1) is 10.8 Å².